The van der Waals surface area contributed by atoms with Gasteiger partial charge in [-0.05, 0) is 31.4 Å². The lowest BCUT2D eigenvalue weighted by molar-refractivity contribution is -0.137. The second kappa shape index (κ2) is 6.20. The van der Waals surface area contributed by atoms with E-state index in [0.29, 0.717) is 12.0 Å². The molecule has 0 heterocycles. The number of rotatable bonds is 5. The zero-order valence-corrected chi connectivity index (χ0v) is 10.4. The van der Waals surface area contributed by atoms with Crippen LogP contribution in [-0.4, -0.2) is 24.4 Å². The summed E-state index contributed by atoms with van der Waals surface area (Å²) in [6.07, 6.45) is -4.58. The van der Waals surface area contributed by atoms with Crippen LogP contribution >= 0.6 is 0 Å². The van der Waals surface area contributed by atoms with E-state index in [1.54, 1.807) is 13.0 Å². The lowest BCUT2D eigenvalue weighted by Gasteiger charge is -2.16. The Kier molecular flexibility index (Phi) is 5.16. The molecule has 1 rings (SSSR count). The first kappa shape index (κ1) is 15.0. The summed E-state index contributed by atoms with van der Waals surface area (Å²) in [5.74, 6) is 0. The fourth-order valence-electron chi connectivity index (χ4n) is 1.71. The number of alkyl halides is 3. The molecule has 0 saturated carbocycles. The Morgan fingerprint density at radius 2 is 2.00 bits per heavy atom. The van der Waals surface area contributed by atoms with Crippen LogP contribution in [0.15, 0.2) is 24.3 Å². The Morgan fingerprint density at radius 3 is 2.56 bits per heavy atom. The number of hydrogen-bond acceptors (Lipinski definition) is 2. The predicted molar refractivity (Wildman–Crippen MR) is 62.2 cm³/mol. The number of aliphatic hydroxyl groups is 1. The summed E-state index contributed by atoms with van der Waals surface area (Å²) in [7, 11) is 1.53. The maximum atomic E-state index is 12.5. The van der Waals surface area contributed by atoms with Gasteiger partial charge in [-0.1, -0.05) is 18.2 Å². The highest BCUT2D eigenvalue weighted by Crippen LogP contribution is 2.29. The molecule has 102 valence electrons. The molecule has 2 unspecified atom stereocenters. The molecule has 0 saturated heterocycles. The summed E-state index contributed by atoms with van der Waals surface area (Å²) in [5.41, 5.74) is -0.215. The third kappa shape index (κ3) is 4.66. The van der Waals surface area contributed by atoms with Gasteiger partial charge < -0.3 is 9.84 Å². The molecular weight excluding hydrogens is 245 g/mol. The molecule has 1 aromatic carbocycles. The van der Waals surface area contributed by atoms with Gasteiger partial charge in [0.25, 0.3) is 0 Å². The summed E-state index contributed by atoms with van der Waals surface area (Å²) < 4.78 is 42.5. The van der Waals surface area contributed by atoms with Gasteiger partial charge in [-0.3, -0.25) is 0 Å². The number of halogens is 3. The molecule has 0 amide bonds. The largest absolute Gasteiger partial charge is 0.416 e. The molecule has 5 heteroatoms. The quantitative estimate of drug-likeness (QED) is 0.883. The maximum Gasteiger partial charge on any atom is 0.416 e. The number of benzene rings is 1. The maximum absolute atomic E-state index is 12.5. The van der Waals surface area contributed by atoms with E-state index in [9.17, 15) is 18.3 Å². The van der Waals surface area contributed by atoms with Gasteiger partial charge in [-0.25, -0.2) is 0 Å². The van der Waals surface area contributed by atoms with Crippen LogP contribution < -0.4 is 0 Å². The summed E-state index contributed by atoms with van der Waals surface area (Å²) >= 11 is 0. The summed E-state index contributed by atoms with van der Waals surface area (Å²) in [6, 6.07) is 5.02. The monoisotopic (exact) mass is 262 g/mol. The highest BCUT2D eigenvalue weighted by molar-refractivity contribution is 5.26. The van der Waals surface area contributed by atoms with E-state index in [1.165, 1.54) is 13.2 Å². The molecule has 0 aliphatic carbocycles. The zero-order chi connectivity index (χ0) is 13.8. The van der Waals surface area contributed by atoms with Crippen molar-refractivity contribution >= 4 is 0 Å². The van der Waals surface area contributed by atoms with Crippen LogP contribution in [-0.2, 0) is 17.3 Å². The molecule has 0 radical (unpaired) electrons. The van der Waals surface area contributed by atoms with Gasteiger partial charge in [-0.15, -0.1) is 0 Å². The molecule has 0 fully saturated rings. The standard InChI is InChI=1S/C13H17F3O2/c1-9(18-2)6-12(17)8-10-4-3-5-11(7-10)13(14,15)16/h3-5,7,9,12,17H,6,8H2,1-2H3. The van der Waals surface area contributed by atoms with E-state index >= 15 is 0 Å². The molecule has 2 nitrogen and oxygen atoms in total. The highest BCUT2D eigenvalue weighted by atomic mass is 19.4. The topological polar surface area (TPSA) is 29.5 Å². The van der Waals surface area contributed by atoms with E-state index in [1.807, 2.05) is 0 Å². The molecule has 0 bridgehead atoms. The minimum absolute atomic E-state index is 0.120. The lowest BCUT2D eigenvalue weighted by atomic mass is 10.0. The highest BCUT2D eigenvalue weighted by Gasteiger charge is 2.30. The summed E-state index contributed by atoms with van der Waals surface area (Å²) in [6.45, 7) is 1.80. The summed E-state index contributed by atoms with van der Waals surface area (Å²) in [4.78, 5) is 0. The average molecular weight is 262 g/mol. The van der Waals surface area contributed by atoms with Crippen LogP contribution in [0.4, 0.5) is 13.2 Å². The molecule has 1 aromatic rings. The second-order valence-electron chi connectivity index (χ2n) is 4.34. The fraction of sp³-hybridized carbons (Fsp3) is 0.538. The van der Waals surface area contributed by atoms with Crippen LogP contribution in [0.5, 0.6) is 0 Å². The minimum atomic E-state index is -4.35. The first-order chi connectivity index (χ1) is 8.32. The molecule has 0 aliphatic rings. The Hall–Kier alpha value is -1.07. The van der Waals surface area contributed by atoms with E-state index in [0.717, 1.165) is 12.1 Å². The molecular formula is C13H17F3O2. The molecule has 0 aliphatic heterocycles. The predicted octanol–water partition coefficient (Wildman–Crippen LogP) is 3.03. The van der Waals surface area contributed by atoms with Gasteiger partial charge in [0, 0.05) is 7.11 Å². The number of ether oxygens (including phenoxy) is 1. The third-order valence-corrected chi connectivity index (χ3v) is 2.73. The van der Waals surface area contributed by atoms with Crippen LogP contribution in [0.2, 0.25) is 0 Å². The molecule has 0 spiro atoms. The zero-order valence-electron chi connectivity index (χ0n) is 10.4. The van der Waals surface area contributed by atoms with E-state index in [2.05, 4.69) is 0 Å². The molecule has 18 heavy (non-hydrogen) atoms. The van der Waals surface area contributed by atoms with Gasteiger partial charge in [0.1, 0.15) is 0 Å². The third-order valence-electron chi connectivity index (χ3n) is 2.73. The Balaban J connectivity index is 2.68. The fourth-order valence-corrected chi connectivity index (χ4v) is 1.71. The minimum Gasteiger partial charge on any atom is -0.393 e. The van der Waals surface area contributed by atoms with Crippen molar-refractivity contribution in [2.75, 3.05) is 7.11 Å². The van der Waals surface area contributed by atoms with Gasteiger partial charge in [-0.2, -0.15) is 13.2 Å². The molecule has 2 atom stereocenters. The number of hydrogen-bond donors (Lipinski definition) is 1. The van der Waals surface area contributed by atoms with E-state index in [-0.39, 0.29) is 12.5 Å². The first-order valence-electron chi connectivity index (χ1n) is 5.70. The van der Waals surface area contributed by atoms with E-state index in [4.69, 9.17) is 4.74 Å². The van der Waals surface area contributed by atoms with E-state index < -0.39 is 17.8 Å². The Morgan fingerprint density at radius 1 is 1.33 bits per heavy atom. The van der Waals surface area contributed by atoms with Crippen molar-refractivity contribution in [3.05, 3.63) is 35.4 Å². The van der Waals surface area contributed by atoms with Crippen molar-refractivity contribution in [3.8, 4) is 0 Å². The van der Waals surface area contributed by atoms with Crippen LogP contribution in [0.1, 0.15) is 24.5 Å². The molecule has 0 aromatic heterocycles. The summed E-state index contributed by atoms with van der Waals surface area (Å²) in [5, 5.41) is 9.74. The second-order valence-corrected chi connectivity index (χ2v) is 4.34. The van der Waals surface area contributed by atoms with Gasteiger partial charge in [0.15, 0.2) is 0 Å². The van der Waals surface area contributed by atoms with Crippen molar-refractivity contribution in [2.45, 2.75) is 38.1 Å². The normalized spacial score (nSPS) is 15.4. The van der Waals surface area contributed by atoms with Gasteiger partial charge >= 0.3 is 6.18 Å². The lowest BCUT2D eigenvalue weighted by Crippen LogP contribution is -2.19. The van der Waals surface area contributed by atoms with Crippen molar-refractivity contribution in [1.29, 1.82) is 0 Å². The Labute approximate surface area is 104 Å². The number of methoxy groups -OCH3 is 1. The Bertz CT molecular complexity index is 377. The van der Waals surface area contributed by atoms with Crippen molar-refractivity contribution in [2.24, 2.45) is 0 Å². The smallest absolute Gasteiger partial charge is 0.393 e. The van der Waals surface area contributed by atoms with Crippen molar-refractivity contribution in [3.63, 3.8) is 0 Å². The first-order valence-corrected chi connectivity index (χ1v) is 5.70. The van der Waals surface area contributed by atoms with Crippen LogP contribution in [0.3, 0.4) is 0 Å². The average Bonchev–Trinajstić information content (AvgIpc) is 2.27. The molecule has 1 N–H and O–H groups in total. The van der Waals surface area contributed by atoms with Crippen LogP contribution in [0, 0.1) is 0 Å². The van der Waals surface area contributed by atoms with Crippen LogP contribution in [0.25, 0.3) is 0 Å². The SMILES string of the molecule is COC(C)CC(O)Cc1cccc(C(F)(F)F)c1. The van der Waals surface area contributed by atoms with Gasteiger partial charge in [0.05, 0.1) is 17.8 Å². The van der Waals surface area contributed by atoms with Gasteiger partial charge in [0.2, 0.25) is 0 Å². The van der Waals surface area contributed by atoms with Crippen molar-refractivity contribution in [1.82, 2.24) is 0 Å². The number of aliphatic hydroxyl groups excluding tert-OH is 1. The van der Waals surface area contributed by atoms with Crippen molar-refractivity contribution < 1.29 is 23.0 Å².